The maximum atomic E-state index is 16.9. The maximum Gasteiger partial charge on any atom is 0.303 e. The van der Waals surface area contributed by atoms with E-state index < -0.39 is 28.6 Å². The van der Waals surface area contributed by atoms with Crippen LogP contribution in [-0.2, 0) is 19.1 Å². The molecule has 0 radical (unpaired) electrons. The summed E-state index contributed by atoms with van der Waals surface area (Å²) in [5, 5.41) is 11.2. The van der Waals surface area contributed by atoms with E-state index >= 15 is 4.39 Å². The highest BCUT2D eigenvalue weighted by Crippen LogP contribution is 2.68. The molecule has 2 saturated carbocycles. The molecule has 0 aromatic rings. The minimum atomic E-state index is -1.82. The lowest BCUT2D eigenvalue weighted by Crippen LogP contribution is -2.67. The quantitative estimate of drug-likeness (QED) is 0.731. The van der Waals surface area contributed by atoms with Crippen molar-refractivity contribution in [3.8, 4) is 0 Å². The zero-order valence-corrected chi connectivity index (χ0v) is 17.3. The van der Waals surface area contributed by atoms with Gasteiger partial charge in [0.2, 0.25) is 0 Å². The van der Waals surface area contributed by atoms with Crippen molar-refractivity contribution in [2.45, 2.75) is 71.1 Å². The normalized spacial score (nSPS) is 43.5. The second-order valence-electron chi connectivity index (χ2n) is 9.68. The largest absolute Gasteiger partial charge is 0.457 e. The first-order chi connectivity index (χ1) is 13.5. The Kier molecular flexibility index (Phi) is 4.65. The predicted octanol–water partition coefficient (Wildman–Crippen LogP) is 3.25. The number of Topliss-reactive ketones (excluding diaryl/α,β-unsaturated/α-hetero) is 1. The molecule has 0 aromatic heterocycles. The van der Waals surface area contributed by atoms with Gasteiger partial charge in [-0.25, -0.2) is 4.39 Å². The molecule has 0 amide bonds. The van der Waals surface area contributed by atoms with Gasteiger partial charge >= 0.3 is 5.97 Å². The molecule has 4 aliphatic carbocycles. The third-order valence-corrected chi connectivity index (χ3v) is 8.33. The molecule has 0 bridgehead atoms. The van der Waals surface area contributed by atoms with Crippen LogP contribution < -0.4 is 0 Å². The summed E-state index contributed by atoms with van der Waals surface area (Å²) < 4.78 is 21.8. The lowest BCUT2D eigenvalue weighted by Gasteiger charge is -2.62. The molecule has 0 heterocycles. The summed E-state index contributed by atoms with van der Waals surface area (Å²) in [6.45, 7) is 4.73. The third-order valence-electron chi connectivity index (χ3n) is 8.33. The van der Waals surface area contributed by atoms with Crippen molar-refractivity contribution in [2.75, 3.05) is 6.61 Å². The third kappa shape index (κ3) is 2.71. The molecule has 4 aliphatic rings. The molecule has 5 nitrogen and oxygen atoms in total. The summed E-state index contributed by atoms with van der Waals surface area (Å²) in [7, 11) is 0. The maximum absolute atomic E-state index is 16.9. The fourth-order valence-corrected chi connectivity index (χ4v) is 6.82. The Morgan fingerprint density at radius 2 is 2.00 bits per heavy atom. The average Bonchev–Trinajstić information content (AvgIpc) is 2.98. The fraction of sp³-hybridized carbons (Fsp3) is 0.696. The zero-order chi connectivity index (χ0) is 21.2. The number of allylic oxidation sites excluding steroid dienone is 3. The first-order valence-electron chi connectivity index (χ1n) is 10.5. The van der Waals surface area contributed by atoms with Crippen molar-refractivity contribution in [3.63, 3.8) is 0 Å². The van der Waals surface area contributed by atoms with Crippen molar-refractivity contribution in [1.29, 1.82) is 0 Å². The molecule has 0 aliphatic heterocycles. The van der Waals surface area contributed by atoms with Gasteiger partial charge < -0.3 is 9.84 Å². The molecule has 0 spiro atoms. The van der Waals surface area contributed by atoms with Gasteiger partial charge in [0, 0.05) is 35.7 Å². The van der Waals surface area contributed by atoms with E-state index in [1.807, 2.05) is 19.9 Å². The highest BCUT2D eigenvalue weighted by atomic mass is 19.1. The number of aliphatic hydroxyl groups excluding tert-OH is 1. The number of carbonyl (C=O) groups excluding carboxylic acids is 3. The van der Waals surface area contributed by atoms with Gasteiger partial charge in [-0.05, 0) is 44.1 Å². The molecular weight excluding hydrogens is 375 g/mol. The lowest BCUT2D eigenvalue weighted by atomic mass is 9.44. The molecule has 0 aromatic carbocycles. The van der Waals surface area contributed by atoms with Gasteiger partial charge in [0.05, 0.1) is 6.10 Å². The number of hydrogen-bond acceptors (Lipinski definition) is 5. The summed E-state index contributed by atoms with van der Waals surface area (Å²) in [6.07, 6.45) is 4.88. The van der Waals surface area contributed by atoms with Crippen LogP contribution in [0.1, 0.15) is 59.3 Å². The summed E-state index contributed by atoms with van der Waals surface area (Å²) in [5.41, 5.74) is -1.93. The van der Waals surface area contributed by atoms with E-state index in [1.54, 1.807) is 6.08 Å². The number of ether oxygens (including phenoxy) is 1. The van der Waals surface area contributed by atoms with Crippen LogP contribution in [0.5, 0.6) is 0 Å². The molecule has 4 rings (SSSR count). The van der Waals surface area contributed by atoms with Gasteiger partial charge in [-0.15, -0.1) is 0 Å². The molecule has 2 fully saturated rings. The summed E-state index contributed by atoms with van der Waals surface area (Å²) in [6, 6.07) is 0. The molecule has 29 heavy (non-hydrogen) atoms. The van der Waals surface area contributed by atoms with Crippen molar-refractivity contribution in [3.05, 3.63) is 23.3 Å². The molecule has 1 N–H and O–H groups in total. The van der Waals surface area contributed by atoms with Crippen molar-refractivity contribution in [2.24, 2.45) is 22.7 Å². The number of esters is 1. The van der Waals surface area contributed by atoms with Gasteiger partial charge in [0.25, 0.3) is 0 Å². The van der Waals surface area contributed by atoms with Gasteiger partial charge in [-0.3, -0.25) is 14.4 Å². The number of carbonyl (C=O) groups is 3. The monoisotopic (exact) mass is 404 g/mol. The SMILES string of the molecule is CC(=O)OCC(=O)C1=CC[C@H]2[C@@H]3CCC4=CC(=O)CC[C@]4(C)C3(F)[C@@H](O)C[C@]12C. The van der Waals surface area contributed by atoms with Crippen LogP contribution >= 0.6 is 0 Å². The fourth-order valence-electron chi connectivity index (χ4n) is 6.82. The van der Waals surface area contributed by atoms with Crippen LogP contribution in [0.3, 0.4) is 0 Å². The number of ketones is 2. The number of aliphatic hydroxyl groups is 1. The van der Waals surface area contributed by atoms with Gasteiger partial charge in [0.1, 0.15) is 5.67 Å². The van der Waals surface area contributed by atoms with E-state index in [2.05, 4.69) is 0 Å². The lowest BCUT2D eigenvalue weighted by molar-refractivity contribution is -0.200. The van der Waals surface area contributed by atoms with E-state index in [9.17, 15) is 19.5 Å². The second-order valence-corrected chi connectivity index (χ2v) is 9.68. The minimum absolute atomic E-state index is 0.0375. The Balaban J connectivity index is 1.67. The number of rotatable bonds is 3. The minimum Gasteiger partial charge on any atom is -0.457 e. The Labute approximate surface area is 170 Å². The molecular formula is C23H29FO5. The van der Waals surface area contributed by atoms with Crippen molar-refractivity contribution >= 4 is 17.5 Å². The summed E-state index contributed by atoms with van der Waals surface area (Å²) in [5.74, 6) is -1.23. The smallest absolute Gasteiger partial charge is 0.303 e. The van der Waals surface area contributed by atoms with Crippen molar-refractivity contribution in [1.82, 2.24) is 0 Å². The Morgan fingerprint density at radius 3 is 2.69 bits per heavy atom. The van der Waals surface area contributed by atoms with Crippen LogP contribution in [0.15, 0.2) is 23.3 Å². The van der Waals surface area contributed by atoms with Gasteiger partial charge in [0.15, 0.2) is 18.2 Å². The van der Waals surface area contributed by atoms with E-state index in [0.717, 1.165) is 5.57 Å². The summed E-state index contributed by atoms with van der Waals surface area (Å²) >= 11 is 0. The Morgan fingerprint density at radius 1 is 1.28 bits per heavy atom. The number of halogens is 1. The highest BCUT2D eigenvalue weighted by molar-refractivity contribution is 5.99. The molecule has 1 unspecified atom stereocenters. The van der Waals surface area contributed by atoms with Crippen LogP contribution in [0.2, 0.25) is 0 Å². The van der Waals surface area contributed by atoms with E-state index in [4.69, 9.17) is 4.74 Å². The Hall–Kier alpha value is -1.82. The molecule has 6 heteroatoms. The van der Waals surface area contributed by atoms with Crippen LogP contribution in [-0.4, -0.2) is 41.0 Å². The van der Waals surface area contributed by atoms with E-state index in [-0.39, 0.29) is 36.4 Å². The second kappa shape index (κ2) is 6.59. The number of hydrogen-bond donors (Lipinski definition) is 1. The molecule has 158 valence electrons. The zero-order valence-electron chi connectivity index (χ0n) is 17.3. The first kappa shape index (κ1) is 20.5. The van der Waals surface area contributed by atoms with E-state index in [1.165, 1.54) is 6.92 Å². The van der Waals surface area contributed by atoms with Crippen molar-refractivity contribution < 1.29 is 28.6 Å². The van der Waals surface area contributed by atoms with Gasteiger partial charge in [-0.1, -0.05) is 25.5 Å². The summed E-state index contributed by atoms with van der Waals surface area (Å²) in [4.78, 5) is 35.7. The van der Waals surface area contributed by atoms with Gasteiger partial charge in [-0.2, -0.15) is 0 Å². The van der Waals surface area contributed by atoms with Crippen LogP contribution in [0, 0.1) is 22.7 Å². The Bertz CT molecular complexity index is 844. The molecule has 0 saturated heterocycles. The highest BCUT2D eigenvalue weighted by Gasteiger charge is 2.70. The standard InChI is InChI=1S/C23H29FO5/c1-13(25)29-12-19(27)18-7-6-16-17-5-4-14-10-15(26)8-9-22(14,3)23(17,24)20(28)11-21(16,18)2/h7,10,16-17,20,28H,4-6,8-9,11-12H2,1-3H3/t16-,17-,20-,21-,22-,23?/m0/s1. The number of alkyl halides is 1. The van der Waals surface area contributed by atoms with Crippen LogP contribution in [0.4, 0.5) is 4.39 Å². The van der Waals surface area contributed by atoms with Crippen LogP contribution in [0.25, 0.3) is 0 Å². The predicted molar refractivity (Wildman–Crippen MR) is 104 cm³/mol. The number of fused-ring (bicyclic) bond motifs is 5. The average molecular weight is 404 g/mol. The topological polar surface area (TPSA) is 80.7 Å². The van der Waals surface area contributed by atoms with E-state index in [0.29, 0.717) is 37.7 Å². The first-order valence-corrected chi connectivity index (χ1v) is 10.5. The molecule has 6 atom stereocenters.